The van der Waals surface area contributed by atoms with Crippen LogP contribution in [0.4, 0.5) is 0 Å². The maximum absolute atomic E-state index is 13.0. The van der Waals surface area contributed by atoms with Crippen LogP contribution in [0, 0.1) is 5.92 Å². The van der Waals surface area contributed by atoms with Gasteiger partial charge >= 0.3 is 0 Å². The van der Waals surface area contributed by atoms with Crippen molar-refractivity contribution < 1.29 is 15.0 Å². The Labute approximate surface area is 163 Å². The number of hydrogen-bond acceptors (Lipinski definition) is 7. The monoisotopic (exact) mass is 386 g/mol. The van der Waals surface area contributed by atoms with Gasteiger partial charge in [-0.15, -0.1) is 5.10 Å². The molecular weight excluding hydrogens is 360 g/mol. The van der Waals surface area contributed by atoms with Gasteiger partial charge in [-0.05, 0) is 67.3 Å². The minimum atomic E-state index is -0.143. The van der Waals surface area contributed by atoms with Gasteiger partial charge < -0.3 is 15.1 Å². The van der Waals surface area contributed by atoms with Crippen LogP contribution in [0.3, 0.4) is 0 Å². The summed E-state index contributed by atoms with van der Waals surface area (Å²) in [6, 6.07) is 5.21. The fourth-order valence-electron chi connectivity index (χ4n) is 4.23. The molecule has 2 fully saturated rings. The lowest BCUT2D eigenvalue weighted by atomic mass is 9.94. The minimum absolute atomic E-state index is 0.0658. The van der Waals surface area contributed by atoms with Gasteiger partial charge in [0.15, 0.2) is 0 Å². The van der Waals surface area contributed by atoms with Gasteiger partial charge in [-0.3, -0.25) is 9.69 Å². The summed E-state index contributed by atoms with van der Waals surface area (Å²) in [6.45, 7) is 3.60. The van der Waals surface area contributed by atoms with Crippen molar-refractivity contribution in [1.82, 2.24) is 30.0 Å². The molecule has 2 N–H and O–H groups in total. The number of piperidine rings is 2. The zero-order chi connectivity index (χ0) is 19.5. The average molecular weight is 386 g/mol. The molecule has 4 rings (SSSR count). The van der Waals surface area contributed by atoms with Crippen molar-refractivity contribution in [2.24, 2.45) is 5.92 Å². The van der Waals surface area contributed by atoms with Crippen LogP contribution in [-0.2, 0) is 0 Å². The molecule has 0 unspecified atom stereocenters. The second-order valence-electron chi connectivity index (χ2n) is 7.66. The highest BCUT2D eigenvalue weighted by Gasteiger charge is 2.31. The van der Waals surface area contributed by atoms with E-state index in [1.165, 1.54) is 17.1 Å². The Morgan fingerprint density at radius 1 is 1.18 bits per heavy atom. The van der Waals surface area contributed by atoms with Crippen molar-refractivity contribution in [3.8, 4) is 11.4 Å². The van der Waals surface area contributed by atoms with Crippen molar-refractivity contribution in [3.63, 3.8) is 0 Å². The molecule has 0 saturated carbocycles. The van der Waals surface area contributed by atoms with Gasteiger partial charge in [0.25, 0.3) is 5.91 Å². The SMILES string of the molecule is O=C(c1ccc(-n2cnnn2)cc1O)N1CCC[C@@H](N2CCC(CO)CC2)C1. The number of aromatic nitrogens is 4. The minimum Gasteiger partial charge on any atom is -0.507 e. The van der Waals surface area contributed by atoms with Crippen molar-refractivity contribution >= 4 is 5.91 Å². The number of hydrogen-bond donors (Lipinski definition) is 2. The fourth-order valence-corrected chi connectivity index (χ4v) is 4.23. The van der Waals surface area contributed by atoms with Gasteiger partial charge in [-0.25, -0.2) is 4.68 Å². The summed E-state index contributed by atoms with van der Waals surface area (Å²) in [7, 11) is 0. The molecule has 28 heavy (non-hydrogen) atoms. The van der Waals surface area contributed by atoms with Gasteiger partial charge in [-0.2, -0.15) is 0 Å². The number of phenolic OH excluding ortho intramolecular Hbond substituents is 1. The lowest BCUT2D eigenvalue weighted by molar-refractivity contribution is 0.0444. The molecule has 2 saturated heterocycles. The fraction of sp³-hybridized carbons (Fsp3) is 0.579. The van der Waals surface area contributed by atoms with E-state index in [0.29, 0.717) is 36.3 Å². The molecule has 1 aromatic heterocycles. The van der Waals surface area contributed by atoms with E-state index < -0.39 is 0 Å². The summed E-state index contributed by atoms with van der Waals surface area (Å²) in [5, 5.41) is 30.7. The molecular formula is C19H26N6O3. The highest BCUT2D eigenvalue weighted by atomic mass is 16.3. The molecule has 150 valence electrons. The van der Waals surface area contributed by atoms with Gasteiger partial charge in [-0.1, -0.05) is 0 Å². The smallest absolute Gasteiger partial charge is 0.257 e. The molecule has 2 aliphatic heterocycles. The van der Waals surface area contributed by atoms with Crippen LogP contribution in [0.25, 0.3) is 5.69 Å². The molecule has 0 radical (unpaired) electrons. The highest BCUT2D eigenvalue weighted by Crippen LogP contribution is 2.26. The zero-order valence-electron chi connectivity index (χ0n) is 15.8. The van der Waals surface area contributed by atoms with E-state index in [-0.39, 0.29) is 18.3 Å². The number of amides is 1. The zero-order valence-corrected chi connectivity index (χ0v) is 15.8. The predicted octanol–water partition coefficient (Wildman–Crippen LogP) is 0.677. The number of aliphatic hydroxyl groups excluding tert-OH is 1. The van der Waals surface area contributed by atoms with Crippen molar-refractivity contribution in [2.45, 2.75) is 31.7 Å². The summed E-state index contributed by atoms with van der Waals surface area (Å²) < 4.78 is 1.43. The first-order valence-corrected chi connectivity index (χ1v) is 9.86. The number of aromatic hydroxyl groups is 1. The van der Waals surface area contributed by atoms with Crippen LogP contribution in [0.2, 0.25) is 0 Å². The van der Waals surface area contributed by atoms with Crippen molar-refractivity contribution in [1.29, 1.82) is 0 Å². The second kappa shape index (κ2) is 8.24. The number of carbonyl (C=O) groups excluding carboxylic acids is 1. The van der Waals surface area contributed by atoms with Gasteiger partial charge in [0.05, 0.1) is 11.3 Å². The lowest BCUT2D eigenvalue weighted by Crippen LogP contribution is -2.52. The molecule has 1 aromatic carbocycles. The van der Waals surface area contributed by atoms with E-state index in [0.717, 1.165) is 38.8 Å². The van der Waals surface area contributed by atoms with Crippen LogP contribution in [0.1, 0.15) is 36.0 Å². The van der Waals surface area contributed by atoms with Crippen LogP contribution >= 0.6 is 0 Å². The molecule has 2 aromatic rings. The summed E-state index contributed by atoms with van der Waals surface area (Å²) >= 11 is 0. The van der Waals surface area contributed by atoms with E-state index in [2.05, 4.69) is 20.4 Å². The summed E-state index contributed by atoms with van der Waals surface area (Å²) in [5.74, 6) is 0.202. The first kappa shape index (κ1) is 18.8. The van der Waals surface area contributed by atoms with Gasteiger partial charge in [0, 0.05) is 31.8 Å². The third kappa shape index (κ3) is 3.85. The summed E-state index contributed by atoms with van der Waals surface area (Å²) in [5.41, 5.74) is 0.902. The Kier molecular flexibility index (Phi) is 5.54. The molecule has 3 heterocycles. The topological polar surface area (TPSA) is 108 Å². The van der Waals surface area contributed by atoms with Gasteiger partial charge in [0.1, 0.15) is 12.1 Å². The normalized spacial score (nSPS) is 21.8. The Balaban J connectivity index is 1.43. The molecule has 0 spiro atoms. The van der Waals surface area contributed by atoms with E-state index in [4.69, 9.17) is 0 Å². The number of benzene rings is 1. The van der Waals surface area contributed by atoms with Crippen molar-refractivity contribution in [2.75, 3.05) is 32.8 Å². The Morgan fingerprint density at radius 3 is 2.68 bits per heavy atom. The van der Waals surface area contributed by atoms with Crippen LogP contribution in [-0.4, -0.2) is 85.0 Å². The number of tetrazole rings is 1. The maximum atomic E-state index is 13.0. The lowest BCUT2D eigenvalue weighted by Gasteiger charge is -2.42. The van der Waals surface area contributed by atoms with E-state index in [1.54, 1.807) is 12.1 Å². The molecule has 1 atom stereocenters. The Bertz CT molecular complexity index is 804. The number of aliphatic hydroxyl groups is 1. The number of carbonyl (C=O) groups is 1. The molecule has 9 nitrogen and oxygen atoms in total. The first-order valence-electron chi connectivity index (χ1n) is 9.86. The van der Waals surface area contributed by atoms with Crippen molar-refractivity contribution in [3.05, 3.63) is 30.1 Å². The van der Waals surface area contributed by atoms with Crippen LogP contribution in [0.5, 0.6) is 5.75 Å². The molecule has 0 aliphatic carbocycles. The molecule has 2 aliphatic rings. The van der Waals surface area contributed by atoms with Crippen LogP contribution in [0.15, 0.2) is 24.5 Å². The summed E-state index contributed by atoms with van der Waals surface area (Å²) in [6.07, 6.45) is 5.50. The number of phenols is 1. The number of rotatable bonds is 4. The highest BCUT2D eigenvalue weighted by molar-refractivity contribution is 5.97. The second-order valence-corrected chi connectivity index (χ2v) is 7.66. The number of nitrogens with zero attached hydrogens (tertiary/aromatic N) is 6. The standard InChI is InChI=1S/C19H26N6O3/c26-12-14-5-8-23(9-6-14)16-2-1-7-24(11-16)19(28)17-4-3-15(10-18(17)27)25-13-20-21-22-25/h3-4,10,13-14,16,26-27H,1-2,5-9,11-12H2/t16-/m1/s1. The van der Waals surface area contributed by atoms with Gasteiger partial charge in [0.2, 0.25) is 0 Å². The Morgan fingerprint density at radius 2 is 2.00 bits per heavy atom. The Hall–Kier alpha value is -2.52. The van der Waals surface area contributed by atoms with E-state index in [1.807, 2.05) is 4.90 Å². The van der Waals surface area contributed by atoms with E-state index in [9.17, 15) is 15.0 Å². The first-order chi connectivity index (χ1) is 13.7. The predicted molar refractivity (Wildman–Crippen MR) is 101 cm³/mol. The number of likely N-dealkylation sites (tertiary alicyclic amines) is 2. The van der Waals surface area contributed by atoms with Crippen LogP contribution < -0.4 is 0 Å². The molecule has 9 heteroatoms. The van der Waals surface area contributed by atoms with E-state index >= 15 is 0 Å². The largest absolute Gasteiger partial charge is 0.507 e. The molecule has 0 bridgehead atoms. The summed E-state index contributed by atoms with van der Waals surface area (Å²) in [4.78, 5) is 17.3. The third-order valence-corrected chi connectivity index (χ3v) is 5.93. The molecule has 1 amide bonds. The third-order valence-electron chi connectivity index (χ3n) is 5.93. The quantitative estimate of drug-likeness (QED) is 0.795. The maximum Gasteiger partial charge on any atom is 0.257 e. The average Bonchev–Trinajstić information content (AvgIpc) is 3.28.